The van der Waals surface area contributed by atoms with Crippen molar-refractivity contribution >= 4 is 0 Å². The summed E-state index contributed by atoms with van der Waals surface area (Å²) in [4.78, 5) is 0. The van der Waals surface area contributed by atoms with Crippen LogP contribution in [0, 0.1) is 0 Å². The highest BCUT2D eigenvalue weighted by Crippen LogP contribution is 2.58. The Morgan fingerprint density at radius 2 is 1.40 bits per heavy atom. The Balaban J connectivity index is 3.18. The monoisotopic (exact) mass is 462 g/mol. The van der Waals surface area contributed by atoms with E-state index in [1.807, 2.05) is 0 Å². The van der Waals surface area contributed by atoms with Crippen molar-refractivity contribution in [1.29, 1.82) is 0 Å². The second-order valence-electron chi connectivity index (χ2n) is 6.55. The summed E-state index contributed by atoms with van der Waals surface area (Å²) in [5.74, 6) is -28.3. The molecule has 13 heteroatoms. The molecule has 0 saturated heterocycles. The lowest BCUT2D eigenvalue weighted by molar-refractivity contribution is -0.423. The molecule has 1 aromatic carbocycles. The summed E-state index contributed by atoms with van der Waals surface area (Å²) in [5, 5.41) is 9.74. The Morgan fingerprint density at radius 1 is 0.867 bits per heavy atom. The van der Waals surface area contributed by atoms with E-state index in [1.54, 1.807) is 13.8 Å². The first-order valence-electron chi connectivity index (χ1n) is 8.34. The van der Waals surface area contributed by atoms with Crippen molar-refractivity contribution in [1.82, 2.24) is 0 Å². The molecule has 0 spiro atoms. The second kappa shape index (κ2) is 8.39. The fraction of sp³-hybridized carbons (Fsp3) is 0.647. The molecule has 2 atom stereocenters. The van der Waals surface area contributed by atoms with Crippen LogP contribution >= 0.6 is 0 Å². The average molecular weight is 462 g/mol. The number of hydrogen-bond donors (Lipinski definition) is 1. The number of benzene rings is 1. The van der Waals surface area contributed by atoms with Gasteiger partial charge in [0.2, 0.25) is 0 Å². The molecule has 2 nitrogen and oxygen atoms in total. The van der Waals surface area contributed by atoms with E-state index in [9.17, 15) is 53.4 Å². The van der Waals surface area contributed by atoms with Crippen molar-refractivity contribution in [3.63, 3.8) is 0 Å². The molecule has 2 unspecified atom stereocenters. The average Bonchev–Trinajstić information content (AvgIpc) is 2.59. The minimum atomic E-state index is -7.50. The van der Waals surface area contributed by atoms with Crippen LogP contribution < -0.4 is 4.74 Å². The molecule has 0 amide bonds. The van der Waals surface area contributed by atoms with Crippen LogP contribution in [0.1, 0.15) is 38.4 Å². The lowest BCUT2D eigenvalue weighted by Crippen LogP contribution is -2.66. The summed E-state index contributed by atoms with van der Waals surface area (Å²) in [6.07, 6.45) is -12.3. The molecule has 0 bridgehead atoms. The summed E-state index contributed by atoms with van der Waals surface area (Å²) < 4.78 is 148. The standard InChI is InChI=1S/C17H17F11O2/c1-3-9(2)30-11-6-4-5-10(7-11)12(29)8-13(18,19)14(20,21)15(22,23)16(24,25)17(26,27)28/h4-7,9,12,29H,3,8H2,1-2H3. The summed E-state index contributed by atoms with van der Waals surface area (Å²) in [7, 11) is 0. The highest BCUT2D eigenvalue weighted by atomic mass is 19.4. The molecule has 30 heavy (non-hydrogen) atoms. The quantitative estimate of drug-likeness (QED) is 0.431. The smallest absolute Gasteiger partial charge is 0.460 e. The van der Waals surface area contributed by atoms with Crippen molar-refractivity contribution in [3.05, 3.63) is 29.8 Å². The topological polar surface area (TPSA) is 29.5 Å². The number of halogens is 11. The first kappa shape index (κ1) is 26.2. The Morgan fingerprint density at radius 3 is 1.87 bits per heavy atom. The van der Waals surface area contributed by atoms with Gasteiger partial charge in [-0.25, -0.2) is 0 Å². The molecule has 174 valence electrons. The van der Waals surface area contributed by atoms with E-state index in [0.29, 0.717) is 6.42 Å². The Kier molecular flexibility index (Phi) is 7.34. The van der Waals surface area contributed by atoms with Crippen LogP contribution in [0.3, 0.4) is 0 Å². The lowest BCUT2D eigenvalue weighted by Gasteiger charge is -2.37. The maximum Gasteiger partial charge on any atom is 0.460 e. The molecule has 0 heterocycles. The zero-order valence-electron chi connectivity index (χ0n) is 15.4. The van der Waals surface area contributed by atoms with Crippen LogP contribution in [0.2, 0.25) is 0 Å². The van der Waals surface area contributed by atoms with Crippen LogP contribution in [-0.2, 0) is 0 Å². The van der Waals surface area contributed by atoms with Gasteiger partial charge < -0.3 is 9.84 Å². The van der Waals surface area contributed by atoms with Gasteiger partial charge in [0.05, 0.1) is 12.2 Å². The van der Waals surface area contributed by atoms with Gasteiger partial charge in [0.25, 0.3) is 0 Å². The molecule has 0 radical (unpaired) electrons. The van der Waals surface area contributed by atoms with Crippen molar-refractivity contribution in [3.8, 4) is 5.75 Å². The summed E-state index contributed by atoms with van der Waals surface area (Å²) in [5.41, 5.74) is -0.530. The first-order chi connectivity index (χ1) is 13.3. The molecular formula is C17H17F11O2. The fourth-order valence-corrected chi connectivity index (χ4v) is 2.20. The highest BCUT2D eigenvalue weighted by Gasteiger charge is 2.87. The number of aliphatic hydroxyl groups excluding tert-OH is 1. The van der Waals surface area contributed by atoms with Crippen molar-refractivity contribution < 1.29 is 58.1 Å². The maximum absolute atomic E-state index is 13.8. The van der Waals surface area contributed by atoms with Crippen LogP contribution in [0.15, 0.2) is 24.3 Å². The third-order valence-corrected chi connectivity index (χ3v) is 4.21. The van der Waals surface area contributed by atoms with Crippen molar-refractivity contribution in [2.24, 2.45) is 0 Å². The molecule has 1 N–H and O–H groups in total. The molecule has 0 aromatic heterocycles. The molecule has 0 fully saturated rings. The Hall–Kier alpha value is -1.79. The first-order valence-corrected chi connectivity index (χ1v) is 8.34. The van der Waals surface area contributed by atoms with E-state index < -0.39 is 48.0 Å². The van der Waals surface area contributed by atoms with E-state index in [2.05, 4.69) is 0 Å². The molecule has 0 aliphatic carbocycles. The van der Waals surface area contributed by atoms with Gasteiger partial charge in [0.1, 0.15) is 5.75 Å². The zero-order valence-corrected chi connectivity index (χ0v) is 15.4. The van der Waals surface area contributed by atoms with Crippen molar-refractivity contribution in [2.75, 3.05) is 0 Å². The third kappa shape index (κ3) is 4.75. The number of aliphatic hydroxyl groups is 1. The van der Waals surface area contributed by atoms with E-state index in [0.717, 1.165) is 18.2 Å². The zero-order chi connectivity index (χ0) is 23.8. The molecule has 0 aliphatic rings. The largest absolute Gasteiger partial charge is 0.491 e. The van der Waals surface area contributed by atoms with Gasteiger partial charge >= 0.3 is 29.9 Å². The highest BCUT2D eigenvalue weighted by molar-refractivity contribution is 5.30. The number of ether oxygens (including phenoxy) is 1. The molecule has 0 aliphatic heterocycles. The molecular weight excluding hydrogens is 445 g/mol. The van der Waals surface area contributed by atoms with Crippen LogP contribution in [-0.4, -0.2) is 41.1 Å². The van der Waals surface area contributed by atoms with Gasteiger partial charge in [-0.1, -0.05) is 19.1 Å². The normalized spacial score (nSPS) is 16.3. The summed E-state index contributed by atoms with van der Waals surface area (Å²) in [6.45, 7) is 3.34. The third-order valence-electron chi connectivity index (χ3n) is 4.21. The Bertz CT molecular complexity index is 716. The predicted octanol–water partition coefficient (Wildman–Crippen LogP) is 6.39. The van der Waals surface area contributed by atoms with Crippen LogP contribution in [0.25, 0.3) is 0 Å². The molecule has 0 saturated carbocycles. The SMILES string of the molecule is CCC(C)Oc1cccc(C(O)CC(F)(F)C(F)(F)C(F)(F)C(F)(F)C(F)(F)F)c1. The van der Waals surface area contributed by atoms with E-state index >= 15 is 0 Å². The van der Waals surface area contributed by atoms with Gasteiger partial charge in [-0.2, -0.15) is 48.3 Å². The van der Waals surface area contributed by atoms with Crippen LogP contribution in [0.4, 0.5) is 48.3 Å². The van der Waals surface area contributed by atoms with E-state index in [-0.39, 0.29) is 11.9 Å². The summed E-state index contributed by atoms with van der Waals surface area (Å²) >= 11 is 0. The van der Waals surface area contributed by atoms with Gasteiger partial charge in [-0.3, -0.25) is 0 Å². The van der Waals surface area contributed by atoms with Gasteiger partial charge in [-0.15, -0.1) is 0 Å². The van der Waals surface area contributed by atoms with Gasteiger partial charge in [-0.05, 0) is 31.0 Å². The van der Waals surface area contributed by atoms with E-state index in [4.69, 9.17) is 4.74 Å². The summed E-state index contributed by atoms with van der Waals surface area (Å²) in [6, 6.07) is 4.27. The van der Waals surface area contributed by atoms with E-state index in [1.165, 1.54) is 6.07 Å². The number of alkyl halides is 11. The van der Waals surface area contributed by atoms with Crippen LogP contribution in [0.5, 0.6) is 5.75 Å². The van der Waals surface area contributed by atoms with Gasteiger partial charge in [0, 0.05) is 6.42 Å². The minimum absolute atomic E-state index is 0.00934. The second-order valence-corrected chi connectivity index (χ2v) is 6.55. The number of rotatable bonds is 9. The van der Waals surface area contributed by atoms with Gasteiger partial charge in [0.15, 0.2) is 0 Å². The minimum Gasteiger partial charge on any atom is -0.491 e. The fourth-order valence-electron chi connectivity index (χ4n) is 2.20. The molecule has 1 aromatic rings. The number of hydrogen-bond acceptors (Lipinski definition) is 2. The lowest BCUT2D eigenvalue weighted by atomic mass is 9.92. The predicted molar refractivity (Wildman–Crippen MR) is 82.2 cm³/mol. The maximum atomic E-state index is 13.8. The molecule has 1 rings (SSSR count). The van der Waals surface area contributed by atoms with Crippen molar-refractivity contribution in [2.45, 2.75) is 68.8 Å². The Labute approximate surface area is 163 Å².